The van der Waals surface area contributed by atoms with E-state index >= 15 is 0 Å². The predicted molar refractivity (Wildman–Crippen MR) is 79.8 cm³/mol. The van der Waals surface area contributed by atoms with Gasteiger partial charge in [-0.05, 0) is 66.8 Å². The van der Waals surface area contributed by atoms with E-state index in [1.54, 1.807) is 0 Å². The molecule has 0 aromatic heterocycles. The number of benzene rings is 1. The smallest absolute Gasteiger partial charge is 0.0178 e. The van der Waals surface area contributed by atoms with Gasteiger partial charge in [0.1, 0.15) is 0 Å². The molecule has 0 amide bonds. The van der Waals surface area contributed by atoms with Crippen molar-refractivity contribution in [3.8, 4) is 0 Å². The van der Waals surface area contributed by atoms with Crippen molar-refractivity contribution >= 4 is 15.9 Å². The molecule has 1 fully saturated rings. The number of fused-ring (bicyclic) bond motifs is 1. The summed E-state index contributed by atoms with van der Waals surface area (Å²) in [5, 5.41) is 3.78. The highest BCUT2D eigenvalue weighted by molar-refractivity contribution is 9.10. The molecule has 2 unspecified atom stereocenters. The molecular formula is C16H22BrN. The van der Waals surface area contributed by atoms with Crippen molar-refractivity contribution < 1.29 is 0 Å². The number of halogens is 1. The van der Waals surface area contributed by atoms with E-state index in [0.717, 1.165) is 5.92 Å². The summed E-state index contributed by atoms with van der Waals surface area (Å²) in [5.41, 5.74) is 3.68. The zero-order valence-electron chi connectivity index (χ0n) is 11.3. The maximum absolute atomic E-state index is 3.78. The van der Waals surface area contributed by atoms with Crippen LogP contribution in [0.4, 0.5) is 0 Å². The SMILES string of the molecule is CC1(C)CC1CNC1CCc2cc(Br)ccc2C1. The van der Waals surface area contributed by atoms with Crippen molar-refractivity contribution in [3.05, 3.63) is 33.8 Å². The highest BCUT2D eigenvalue weighted by Gasteiger charge is 2.45. The minimum Gasteiger partial charge on any atom is -0.313 e. The van der Waals surface area contributed by atoms with Gasteiger partial charge in [0, 0.05) is 10.5 Å². The van der Waals surface area contributed by atoms with Gasteiger partial charge in [-0.3, -0.25) is 0 Å². The first-order chi connectivity index (χ1) is 8.54. The van der Waals surface area contributed by atoms with Gasteiger partial charge in [0.2, 0.25) is 0 Å². The number of aryl methyl sites for hydroxylation is 1. The molecular weight excluding hydrogens is 286 g/mol. The largest absolute Gasteiger partial charge is 0.313 e. The summed E-state index contributed by atoms with van der Waals surface area (Å²) in [6.45, 7) is 5.98. The standard InChI is InChI=1S/C16H22BrN/c1-16(2)9-13(16)10-18-15-6-4-11-7-14(17)5-3-12(11)8-15/h3,5,7,13,15,18H,4,6,8-10H2,1-2H3. The molecule has 0 heterocycles. The topological polar surface area (TPSA) is 12.0 Å². The average molecular weight is 308 g/mol. The third-order valence-electron chi connectivity index (χ3n) is 4.77. The molecule has 0 saturated heterocycles. The van der Waals surface area contributed by atoms with Crippen LogP contribution in [0.5, 0.6) is 0 Å². The first kappa shape index (κ1) is 12.7. The van der Waals surface area contributed by atoms with Gasteiger partial charge in [-0.2, -0.15) is 0 Å². The Balaban J connectivity index is 1.56. The van der Waals surface area contributed by atoms with E-state index in [2.05, 4.69) is 53.3 Å². The Hall–Kier alpha value is -0.340. The molecule has 1 saturated carbocycles. The second-order valence-corrected chi connectivity index (χ2v) is 7.57. The monoisotopic (exact) mass is 307 g/mol. The second kappa shape index (κ2) is 4.64. The number of hydrogen-bond acceptors (Lipinski definition) is 1. The molecule has 0 bridgehead atoms. The van der Waals surface area contributed by atoms with Crippen molar-refractivity contribution in [2.75, 3.05) is 6.54 Å². The van der Waals surface area contributed by atoms with Crippen molar-refractivity contribution in [2.24, 2.45) is 11.3 Å². The van der Waals surface area contributed by atoms with Crippen LogP contribution in [0.1, 0.15) is 37.8 Å². The van der Waals surface area contributed by atoms with E-state index in [1.807, 2.05) is 0 Å². The lowest BCUT2D eigenvalue weighted by Crippen LogP contribution is -2.36. The molecule has 0 spiro atoms. The summed E-state index contributed by atoms with van der Waals surface area (Å²) in [7, 11) is 0. The van der Waals surface area contributed by atoms with Crippen molar-refractivity contribution in [1.82, 2.24) is 5.32 Å². The quantitative estimate of drug-likeness (QED) is 0.892. The minimum absolute atomic E-state index is 0.602. The summed E-state index contributed by atoms with van der Waals surface area (Å²) < 4.78 is 1.22. The maximum atomic E-state index is 3.78. The molecule has 98 valence electrons. The van der Waals surface area contributed by atoms with Gasteiger partial charge in [0.25, 0.3) is 0 Å². The summed E-state index contributed by atoms with van der Waals surface area (Å²) in [5.74, 6) is 0.906. The normalized spacial score (nSPS) is 28.8. The van der Waals surface area contributed by atoms with Crippen LogP contribution in [0.25, 0.3) is 0 Å². The lowest BCUT2D eigenvalue weighted by Gasteiger charge is -2.26. The average Bonchev–Trinajstić information content (AvgIpc) is 2.94. The molecule has 18 heavy (non-hydrogen) atoms. The third kappa shape index (κ3) is 2.65. The van der Waals surface area contributed by atoms with E-state index in [0.29, 0.717) is 11.5 Å². The number of nitrogens with one attached hydrogen (secondary N) is 1. The van der Waals surface area contributed by atoms with Gasteiger partial charge < -0.3 is 5.32 Å². The van der Waals surface area contributed by atoms with E-state index in [4.69, 9.17) is 0 Å². The van der Waals surface area contributed by atoms with Gasteiger partial charge in [-0.15, -0.1) is 0 Å². The Morgan fingerprint density at radius 3 is 2.83 bits per heavy atom. The molecule has 2 heteroatoms. The molecule has 0 aliphatic heterocycles. The second-order valence-electron chi connectivity index (χ2n) is 6.65. The molecule has 2 aliphatic rings. The van der Waals surface area contributed by atoms with Crippen LogP contribution in [0.15, 0.2) is 22.7 Å². The maximum Gasteiger partial charge on any atom is 0.0178 e. The number of rotatable bonds is 3. The van der Waals surface area contributed by atoms with E-state index in [1.165, 1.54) is 47.8 Å². The molecule has 1 aromatic carbocycles. The van der Waals surface area contributed by atoms with Crippen molar-refractivity contribution in [1.29, 1.82) is 0 Å². The fraction of sp³-hybridized carbons (Fsp3) is 0.625. The zero-order valence-corrected chi connectivity index (χ0v) is 12.9. The van der Waals surface area contributed by atoms with Crippen molar-refractivity contribution in [2.45, 2.75) is 45.6 Å². The summed E-state index contributed by atoms with van der Waals surface area (Å²) in [6.07, 6.45) is 5.11. The molecule has 1 N–H and O–H groups in total. The molecule has 3 rings (SSSR count). The predicted octanol–water partition coefficient (Wildman–Crippen LogP) is 3.94. The first-order valence-corrected chi connectivity index (χ1v) is 7.84. The Bertz CT molecular complexity index is 452. The Morgan fingerprint density at radius 1 is 1.33 bits per heavy atom. The van der Waals surface area contributed by atoms with Crippen LogP contribution in [0.3, 0.4) is 0 Å². The van der Waals surface area contributed by atoms with Gasteiger partial charge in [-0.25, -0.2) is 0 Å². The Morgan fingerprint density at radius 2 is 2.11 bits per heavy atom. The van der Waals surface area contributed by atoms with Gasteiger partial charge >= 0.3 is 0 Å². The van der Waals surface area contributed by atoms with E-state index in [-0.39, 0.29) is 0 Å². The minimum atomic E-state index is 0.602. The van der Waals surface area contributed by atoms with Gasteiger partial charge in [-0.1, -0.05) is 35.8 Å². The van der Waals surface area contributed by atoms with Gasteiger partial charge in [0.15, 0.2) is 0 Å². The van der Waals surface area contributed by atoms with Crippen LogP contribution in [0.2, 0.25) is 0 Å². The van der Waals surface area contributed by atoms with Crippen molar-refractivity contribution in [3.63, 3.8) is 0 Å². The molecule has 1 nitrogen and oxygen atoms in total. The highest BCUT2D eigenvalue weighted by Crippen LogP contribution is 2.51. The Kier molecular flexibility index (Phi) is 3.27. The molecule has 2 aliphatic carbocycles. The van der Waals surface area contributed by atoms with Gasteiger partial charge in [0.05, 0.1) is 0 Å². The summed E-state index contributed by atoms with van der Waals surface area (Å²) in [4.78, 5) is 0. The molecule has 1 aromatic rings. The van der Waals surface area contributed by atoms with Crippen LogP contribution >= 0.6 is 15.9 Å². The van der Waals surface area contributed by atoms with E-state index < -0.39 is 0 Å². The summed E-state index contributed by atoms with van der Waals surface area (Å²) in [6, 6.07) is 7.44. The fourth-order valence-corrected chi connectivity index (χ4v) is 3.54. The lowest BCUT2D eigenvalue weighted by molar-refractivity contribution is 0.426. The summed E-state index contributed by atoms with van der Waals surface area (Å²) >= 11 is 3.56. The first-order valence-electron chi connectivity index (χ1n) is 7.05. The zero-order chi connectivity index (χ0) is 12.8. The lowest BCUT2D eigenvalue weighted by atomic mass is 9.88. The van der Waals surface area contributed by atoms with Crippen LogP contribution in [0, 0.1) is 11.3 Å². The molecule has 0 radical (unpaired) electrons. The van der Waals surface area contributed by atoms with Crippen LogP contribution in [-0.2, 0) is 12.8 Å². The molecule has 2 atom stereocenters. The van der Waals surface area contributed by atoms with Crippen LogP contribution in [-0.4, -0.2) is 12.6 Å². The third-order valence-corrected chi connectivity index (χ3v) is 5.26. The number of hydrogen-bond donors (Lipinski definition) is 1. The Labute approximate surface area is 118 Å². The fourth-order valence-electron chi connectivity index (χ4n) is 3.13. The van der Waals surface area contributed by atoms with Crippen LogP contribution < -0.4 is 5.32 Å². The highest BCUT2D eigenvalue weighted by atomic mass is 79.9. The van der Waals surface area contributed by atoms with E-state index in [9.17, 15) is 0 Å².